The maximum atomic E-state index is 13.0. The van der Waals surface area contributed by atoms with E-state index in [4.69, 9.17) is 0 Å². The van der Waals surface area contributed by atoms with Gasteiger partial charge in [0, 0.05) is 45.1 Å². The molecule has 126 valence electrons. The van der Waals surface area contributed by atoms with Crippen molar-refractivity contribution in [3.63, 3.8) is 0 Å². The van der Waals surface area contributed by atoms with Gasteiger partial charge in [0.25, 0.3) is 0 Å². The van der Waals surface area contributed by atoms with Crippen LogP contribution in [-0.2, 0) is 11.3 Å². The van der Waals surface area contributed by atoms with Crippen molar-refractivity contribution < 1.29 is 4.79 Å². The van der Waals surface area contributed by atoms with Crippen LogP contribution in [0.2, 0.25) is 0 Å². The first-order chi connectivity index (χ1) is 11.2. The minimum Gasteiger partial charge on any atom is -0.339 e. The second-order valence-corrected chi connectivity index (χ2v) is 6.74. The quantitative estimate of drug-likeness (QED) is 0.917. The van der Waals surface area contributed by atoms with Crippen LogP contribution in [0.15, 0.2) is 24.5 Å². The molecule has 0 spiro atoms. The van der Waals surface area contributed by atoms with Crippen LogP contribution in [0.4, 0.5) is 0 Å². The minimum atomic E-state index is -0.300. The zero-order valence-electron chi connectivity index (χ0n) is 14.1. The highest BCUT2D eigenvalue weighted by molar-refractivity contribution is 5.86. The molecule has 5 heteroatoms. The second-order valence-electron chi connectivity index (χ2n) is 6.74. The number of hydrogen-bond acceptors (Lipinski definition) is 4. The Kier molecular flexibility index (Phi) is 5.28. The first-order valence-corrected chi connectivity index (χ1v) is 8.89. The Morgan fingerprint density at radius 1 is 1.22 bits per heavy atom. The smallest absolute Gasteiger partial charge is 0.242 e. The van der Waals surface area contributed by atoms with Crippen LogP contribution in [0, 0.1) is 0 Å². The second kappa shape index (κ2) is 7.41. The van der Waals surface area contributed by atoms with E-state index >= 15 is 0 Å². The Balaban J connectivity index is 1.55. The van der Waals surface area contributed by atoms with Gasteiger partial charge in [-0.25, -0.2) is 0 Å². The van der Waals surface area contributed by atoms with Crippen molar-refractivity contribution in [1.29, 1.82) is 0 Å². The van der Waals surface area contributed by atoms with Crippen LogP contribution in [0.5, 0.6) is 0 Å². The Morgan fingerprint density at radius 3 is 2.57 bits per heavy atom. The van der Waals surface area contributed by atoms with Crippen molar-refractivity contribution in [2.45, 2.75) is 44.7 Å². The lowest BCUT2D eigenvalue weighted by Crippen LogP contribution is -2.62. The van der Waals surface area contributed by atoms with Gasteiger partial charge in [0.05, 0.1) is 5.54 Å². The number of hydrogen-bond donors (Lipinski definition) is 1. The summed E-state index contributed by atoms with van der Waals surface area (Å²) in [7, 11) is 0. The summed E-state index contributed by atoms with van der Waals surface area (Å²) in [6.45, 7) is 7.64. The van der Waals surface area contributed by atoms with Gasteiger partial charge in [-0.15, -0.1) is 0 Å². The third-order valence-electron chi connectivity index (χ3n) is 5.32. The molecule has 2 saturated heterocycles. The number of rotatable bonds is 4. The molecular weight excluding hydrogens is 288 g/mol. The monoisotopic (exact) mass is 316 g/mol. The summed E-state index contributed by atoms with van der Waals surface area (Å²) in [5.41, 5.74) is 0.990. The summed E-state index contributed by atoms with van der Waals surface area (Å²) < 4.78 is 0. The van der Waals surface area contributed by atoms with Gasteiger partial charge in [0.2, 0.25) is 5.91 Å². The average molecular weight is 316 g/mol. The third-order valence-corrected chi connectivity index (χ3v) is 5.32. The minimum absolute atomic E-state index is 0.300. The standard InChI is InChI=1S/C18H28N4O/c1-2-18(7-3-4-8-20-18)17(23)22-13-11-21(12-14-22)15-16-5-9-19-10-6-16/h5-6,9-10,20H,2-4,7-8,11-15H2,1H3/t18-/m0/s1. The maximum absolute atomic E-state index is 13.0. The predicted octanol–water partition coefficient (Wildman–Crippen LogP) is 1.65. The highest BCUT2D eigenvalue weighted by Gasteiger charge is 2.40. The molecule has 0 radical (unpaired) electrons. The molecule has 1 amide bonds. The third kappa shape index (κ3) is 3.72. The topological polar surface area (TPSA) is 48.5 Å². The van der Waals surface area contributed by atoms with E-state index in [9.17, 15) is 4.79 Å². The van der Waals surface area contributed by atoms with Gasteiger partial charge in [-0.05, 0) is 49.9 Å². The molecule has 23 heavy (non-hydrogen) atoms. The molecule has 2 aliphatic heterocycles. The number of aromatic nitrogens is 1. The fraction of sp³-hybridized carbons (Fsp3) is 0.667. The molecule has 2 aliphatic rings. The summed E-state index contributed by atoms with van der Waals surface area (Å²) >= 11 is 0. The van der Waals surface area contributed by atoms with E-state index in [1.165, 1.54) is 12.0 Å². The van der Waals surface area contributed by atoms with Crippen molar-refractivity contribution in [1.82, 2.24) is 20.1 Å². The van der Waals surface area contributed by atoms with Crippen molar-refractivity contribution in [3.8, 4) is 0 Å². The Hall–Kier alpha value is -1.46. The number of pyridine rings is 1. The molecule has 0 unspecified atom stereocenters. The van der Waals surface area contributed by atoms with Gasteiger partial charge < -0.3 is 10.2 Å². The largest absolute Gasteiger partial charge is 0.339 e. The van der Waals surface area contributed by atoms with Crippen LogP contribution < -0.4 is 5.32 Å². The zero-order valence-corrected chi connectivity index (χ0v) is 14.1. The van der Waals surface area contributed by atoms with Crippen molar-refractivity contribution in [2.24, 2.45) is 0 Å². The summed E-state index contributed by atoms with van der Waals surface area (Å²) in [6.07, 6.45) is 7.91. The van der Waals surface area contributed by atoms with Gasteiger partial charge in [0.15, 0.2) is 0 Å². The first kappa shape index (κ1) is 16.4. The van der Waals surface area contributed by atoms with Gasteiger partial charge in [0.1, 0.15) is 0 Å². The number of nitrogens with zero attached hydrogens (tertiary/aromatic N) is 3. The predicted molar refractivity (Wildman–Crippen MR) is 91.0 cm³/mol. The molecule has 3 heterocycles. The van der Waals surface area contributed by atoms with Crippen LogP contribution in [0.1, 0.15) is 38.2 Å². The summed E-state index contributed by atoms with van der Waals surface area (Å²) in [5.74, 6) is 0.322. The number of piperazine rings is 1. The molecule has 3 rings (SSSR count). The number of carbonyl (C=O) groups excluding carboxylic acids is 1. The number of piperidine rings is 1. The van der Waals surface area contributed by atoms with E-state index in [0.29, 0.717) is 5.91 Å². The Labute approximate surface area is 139 Å². The van der Waals surface area contributed by atoms with Crippen LogP contribution in [0.3, 0.4) is 0 Å². The Morgan fingerprint density at radius 2 is 1.96 bits per heavy atom. The normalized spacial score (nSPS) is 26.2. The molecular formula is C18H28N4O. The van der Waals surface area contributed by atoms with Gasteiger partial charge in [-0.3, -0.25) is 14.7 Å². The molecule has 1 N–H and O–H groups in total. The number of carbonyl (C=O) groups is 1. The van der Waals surface area contributed by atoms with E-state index in [-0.39, 0.29) is 5.54 Å². The molecule has 0 aromatic carbocycles. The molecule has 1 atom stereocenters. The highest BCUT2D eigenvalue weighted by atomic mass is 16.2. The molecule has 5 nitrogen and oxygen atoms in total. The number of amides is 1. The fourth-order valence-electron chi connectivity index (χ4n) is 3.76. The maximum Gasteiger partial charge on any atom is 0.242 e. The van der Waals surface area contributed by atoms with Crippen molar-refractivity contribution in [2.75, 3.05) is 32.7 Å². The first-order valence-electron chi connectivity index (χ1n) is 8.89. The molecule has 0 aliphatic carbocycles. The molecule has 0 bridgehead atoms. The van der Waals surface area contributed by atoms with E-state index < -0.39 is 0 Å². The lowest BCUT2D eigenvalue weighted by molar-refractivity contribution is -0.141. The lowest BCUT2D eigenvalue weighted by Gasteiger charge is -2.43. The zero-order chi connectivity index (χ0) is 16.1. The van der Waals surface area contributed by atoms with E-state index in [1.807, 2.05) is 12.4 Å². The van der Waals surface area contributed by atoms with Gasteiger partial charge in [-0.2, -0.15) is 0 Å². The highest BCUT2D eigenvalue weighted by Crippen LogP contribution is 2.26. The summed E-state index contributed by atoms with van der Waals surface area (Å²) in [5, 5.41) is 3.52. The van der Waals surface area contributed by atoms with Crippen LogP contribution in [0.25, 0.3) is 0 Å². The van der Waals surface area contributed by atoms with Gasteiger partial charge in [-0.1, -0.05) is 6.92 Å². The fourth-order valence-corrected chi connectivity index (χ4v) is 3.76. The molecule has 1 aromatic rings. The summed E-state index contributed by atoms with van der Waals surface area (Å²) in [6, 6.07) is 4.13. The van der Waals surface area contributed by atoms with Gasteiger partial charge >= 0.3 is 0 Å². The van der Waals surface area contributed by atoms with E-state index in [2.05, 4.69) is 39.2 Å². The average Bonchev–Trinajstić information content (AvgIpc) is 2.63. The van der Waals surface area contributed by atoms with Crippen molar-refractivity contribution in [3.05, 3.63) is 30.1 Å². The van der Waals surface area contributed by atoms with E-state index in [1.54, 1.807) is 0 Å². The molecule has 2 fully saturated rings. The van der Waals surface area contributed by atoms with E-state index in [0.717, 1.165) is 58.5 Å². The van der Waals surface area contributed by atoms with Crippen molar-refractivity contribution >= 4 is 5.91 Å². The SMILES string of the molecule is CC[C@@]1(C(=O)N2CCN(Cc3ccncc3)CC2)CCCCN1. The Bertz CT molecular complexity index is 505. The van der Waals surface area contributed by atoms with Crippen LogP contribution in [-0.4, -0.2) is 59.0 Å². The molecule has 0 saturated carbocycles. The summed E-state index contributed by atoms with van der Waals surface area (Å²) in [4.78, 5) is 21.6. The van der Waals surface area contributed by atoms with Crippen LogP contribution >= 0.6 is 0 Å². The lowest BCUT2D eigenvalue weighted by atomic mass is 9.85. The molecule has 1 aromatic heterocycles. The number of nitrogens with one attached hydrogen (secondary N) is 1.